The Balaban J connectivity index is 2.62. The van der Waals surface area contributed by atoms with Crippen LogP contribution in [0.3, 0.4) is 0 Å². The van der Waals surface area contributed by atoms with Gasteiger partial charge in [0.05, 0.1) is 6.54 Å². The van der Waals surface area contributed by atoms with Gasteiger partial charge in [0.25, 0.3) is 0 Å². The summed E-state index contributed by atoms with van der Waals surface area (Å²) in [6.07, 6.45) is 5.22. The Morgan fingerprint density at radius 2 is 2.58 bits per heavy atom. The molecule has 1 aliphatic rings. The summed E-state index contributed by atoms with van der Waals surface area (Å²) < 4.78 is 0. The Bertz CT molecular complexity index is 233. The molecular formula is C8H12N2O2. The zero-order chi connectivity index (χ0) is 8.97. The van der Waals surface area contributed by atoms with Crippen LogP contribution in [0.25, 0.3) is 0 Å². The fourth-order valence-electron chi connectivity index (χ4n) is 1.01. The van der Waals surface area contributed by atoms with E-state index in [4.69, 9.17) is 5.11 Å². The van der Waals surface area contributed by atoms with Crippen LogP contribution in [-0.2, 0) is 4.79 Å². The Kier molecular flexibility index (Phi) is 2.88. The van der Waals surface area contributed by atoms with Crippen molar-refractivity contribution in [3.05, 3.63) is 23.9 Å². The summed E-state index contributed by atoms with van der Waals surface area (Å²) in [6.45, 7) is 0.400. The van der Waals surface area contributed by atoms with Crippen molar-refractivity contribution in [3.8, 4) is 0 Å². The lowest BCUT2D eigenvalue weighted by molar-refractivity contribution is -0.117. The second-order valence-electron chi connectivity index (χ2n) is 2.50. The molecule has 1 amide bonds. The van der Waals surface area contributed by atoms with E-state index >= 15 is 0 Å². The molecule has 0 saturated heterocycles. The number of nitrogens with one attached hydrogen (secondary N) is 1. The minimum Gasteiger partial charge on any atom is -0.376 e. The molecule has 0 bridgehead atoms. The van der Waals surface area contributed by atoms with Crippen molar-refractivity contribution in [2.45, 2.75) is 0 Å². The number of aliphatic hydroxyl groups excluding tert-OH is 1. The minimum absolute atomic E-state index is 0.0646. The number of nitrogens with zero attached hydrogens (tertiary/aromatic N) is 1. The fourth-order valence-corrected chi connectivity index (χ4v) is 1.01. The van der Waals surface area contributed by atoms with Crippen LogP contribution in [0.2, 0.25) is 0 Å². The van der Waals surface area contributed by atoms with E-state index in [1.54, 1.807) is 30.3 Å². The largest absolute Gasteiger partial charge is 0.376 e. The van der Waals surface area contributed by atoms with Gasteiger partial charge in [-0.05, 0) is 6.08 Å². The smallest absolute Gasteiger partial charge is 0.248 e. The molecule has 0 saturated carbocycles. The Morgan fingerprint density at radius 1 is 1.83 bits per heavy atom. The summed E-state index contributed by atoms with van der Waals surface area (Å²) in [4.78, 5) is 12.8. The summed E-state index contributed by atoms with van der Waals surface area (Å²) in [5.41, 5.74) is 0.661. The van der Waals surface area contributed by atoms with Crippen LogP contribution in [0.15, 0.2) is 23.9 Å². The van der Waals surface area contributed by atoms with Crippen molar-refractivity contribution in [1.82, 2.24) is 10.2 Å². The molecule has 0 aliphatic carbocycles. The lowest BCUT2D eigenvalue weighted by atomic mass is 10.2. The maximum atomic E-state index is 11.1. The fraction of sp³-hybridized carbons (Fsp3) is 0.375. The van der Waals surface area contributed by atoms with Crippen molar-refractivity contribution in [3.63, 3.8) is 0 Å². The van der Waals surface area contributed by atoms with E-state index in [-0.39, 0.29) is 12.6 Å². The number of aliphatic hydroxyl groups is 1. The van der Waals surface area contributed by atoms with Crippen LogP contribution in [0.4, 0.5) is 0 Å². The summed E-state index contributed by atoms with van der Waals surface area (Å²) in [7, 11) is 1.59. The van der Waals surface area contributed by atoms with Gasteiger partial charge in [0.15, 0.2) is 0 Å². The number of rotatable bonds is 2. The van der Waals surface area contributed by atoms with Crippen LogP contribution in [-0.4, -0.2) is 36.2 Å². The number of hydrogen-bond donors (Lipinski definition) is 2. The van der Waals surface area contributed by atoms with E-state index < -0.39 is 0 Å². The third-order valence-electron chi connectivity index (χ3n) is 1.67. The van der Waals surface area contributed by atoms with Gasteiger partial charge in [-0.25, -0.2) is 0 Å². The number of hydrogen-bond acceptors (Lipinski definition) is 3. The molecule has 0 spiro atoms. The number of allylic oxidation sites excluding steroid dienone is 2. The van der Waals surface area contributed by atoms with Crippen molar-refractivity contribution in [1.29, 1.82) is 0 Å². The topological polar surface area (TPSA) is 52.6 Å². The molecule has 4 nitrogen and oxygen atoms in total. The molecule has 2 N–H and O–H groups in total. The predicted octanol–water partition coefficient (Wildman–Crippen LogP) is -0.562. The number of carbonyl (C=O) groups excluding carboxylic acids is 1. The molecule has 0 unspecified atom stereocenters. The van der Waals surface area contributed by atoms with Gasteiger partial charge >= 0.3 is 0 Å². The van der Waals surface area contributed by atoms with E-state index in [0.29, 0.717) is 12.1 Å². The van der Waals surface area contributed by atoms with Crippen molar-refractivity contribution in [2.75, 3.05) is 20.3 Å². The molecule has 4 heteroatoms. The average molecular weight is 168 g/mol. The predicted molar refractivity (Wildman–Crippen MR) is 45.1 cm³/mol. The first-order valence-electron chi connectivity index (χ1n) is 3.72. The Hall–Kier alpha value is -1.29. The first-order valence-corrected chi connectivity index (χ1v) is 3.72. The quantitative estimate of drug-likeness (QED) is 0.581. The maximum absolute atomic E-state index is 11.1. The summed E-state index contributed by atoms with van der Waals surface area (Å²) in [6, 6.07) is 0. The van der Waals surface area contributed by atoms with Crippen LogP contribution in [0.1, 0.15) is 0 Å². The highest BCUT2D eigenvalue weighted by molar-refractivity contribution is 5.94. The van der Waals surface area contributed by atoms with Crippen LogP contribution in [0, 0.1) is 0 Å². The minimum atomic E-state index is -0.0993. The Morgan fingerprint density at radius 3 is 3.17 bits per heavy atom. The zero-order valence-electron chi connectivity index (χ0n) is 6.95. The molecule has 1 aliphatic heterocycles. The second kappa shape index (κ2) is 3.92. The first-order chi connectivity index (χ1) is 5.77. The second-order valence-corrected chi connectivity index (χ2v) is 2.50. The normalized spacial score (nSPS) is 15.8. The summed E-state index contributed by atoms with van der Waals surface area (Å²) in [5.74, 6) is -0.0993. The van der Waals surface area contributed by atoms with Gasteiger partial charge in [0.2, 0.25) is 5.91 Å². The molecule has 0 aromatic heterocycles. The lowest BCUT2D eigenvalue weighted by Gasteiger charge is -2.20. The van der Waals surface area contributed by atoms with Crippen LogP contribution < -0.4 is 5.32 Å². The number of likely N-dealkylation sites (N-methyl/N-ethyl adjacent to an activating group) is 1. The zero-order valence-corrected chi connectivity index (χ0v) is 6.95. The molecule has 0 aromatic rings. The van der Waals surface area contributed by atoms with Gasteiger partial charge in [-0.3, -0.25) is 4.79 Å². The van der Waals surface area contributed by atoms with Gasteiger partial charge in [-0.1, -0.05) is 6.08 Å². The molecule has 1 heterocycles. The molecular weight excluding hydrogens is 156 g/mol. The highest BCUT2D eigenvalue weighted by Gasteiger charge is 2.11. The Labute approximate surface area is 71.2 Å². The molecule has 0 atom stereocenters. The first kappa shape index (κ1) is 8.80. The van der Waals surface area contributed by atoms with Gasteiger partial charge in [0.1, 0.15) is 6.73 Å². The van der Waals surface area contributed by atoms with E-state index in [1.807, 2.05) is 0 Å². The van der Waals surface area contributed by atoms with E-state index in [9.17, 15) is 4.79 Å². The van der Waals surface area contributed by atoms with Gasteiger partial charge in [-0.2, -0.15) is 0 Å². The molecule has 0 radical (unpaired) electrons. The van der Waals surface area contributed by atoms with Crippen LogP contribution in [0.5, 0.6) is 0 Å². The highest BCUT2D eigenvalue weighted by atomic mass is 16.3. The standard InChI is InChI=1S/C8H12N2O2/c1-9-8(12)7-3-2-4-10(5-7)6-11/h2-4,11H,5-6H2,1H3,(H,9,12). The summed E-state index contributed by atoms with van der Waals surface area (Å²) >= 11 is 0. The van der Waals surface area contributed by atoms with E-state index in [1.165, 1.54) is 0 Å². The average Bonchev–Trinajstić information content (AvgIpc) is 2.17. The van der Waals surface area contributed by atoms with Crippen LogP contribution >= 0.6 is 0 Å². The highest BCUT2D eigenvalue weighted by Crippen LogP contribution is 2.05. The van der Waals surface area contributed by atoms with Gasteiger partial charge < -0.3 is 15.3 Å². The molecule has 1 rings (SSSR count). The van der Waals surface area contributed by atoms with Crippen molar-refractivity contribution < 1.29 is 9.90 Å². The monoisotopic (exact) mass is 168 g/mol. The number of carbonyl (C=O) groups is 1. The van der Waals surface area contributed by atoms with Gasteiger partial charge in [-0.15, -0.1) is 0 Å². The third-order valence-corrected chi connectivity index (χ3v) is 1.67. The number of amides is 1. The molecule has 66 valence electrons. The molecule has 0 aromatic carbocycles. The maximum Gasteiger partial charge on any atom is 0.248 e. The molecule has 0 fully saturated rings. The summed E-state index contributed by atoms with van der Waals surface area (Å²) in [5, 5.41) is 11.3. The SMILES string of the molecule is CNC(=O)C1=CC=CN(CO)C1. The van der Waals surface area contributed by atoms with Crippen molar-refractivity contribution in [2.24, 2.45) is 0 Å². The molecule has 12 heavy (non-hydrogen) atoms. The lowest BCUT2D eigenvalue weighted by Crippen LogP contribution is -2.30. The van der Waals surface area contributed by atoms with E-state index in [2.05, 4.69) is 5.32 Å². The van der Waals surface area contributed by atoms with E-state index in [0.717, 1.165) is 0 Å². The van der Waals surface area contributed by atoms with Gasteiger partial charge in [0, 0.05) is 18.8 Å². The van der Waals surface area contributed by atoms with Crippen molar-refractivity contribution >= 4 is 5.91 Å². The third kappa shape index (κ3) is 1.85.